The number of nitriles is 1. The lowest BCUT2D eigenvalue weighted by Gasteiger charge is -2.25. The third-order valence-corrected chi connectivity index (χ3v) is 11.3. The fourth-order valence-corrected chi connectivity index (χ4v) is 8.14. The number of thioether (sulfide) groups is 1. The van der Waals surface area contributed by atoms with Crippen LogP contribution in [0.1, 0.15) is 57.8 Å². The van der Waals surface area contributed by atoms with Gasteiger partial charge in [-0.3, -0.25) is 19.2 Å². The maximum Gasteiger partial charge on any atom is 0.272 e. The van der Waals surface area contributed by atoms with Gasteiger partial charge in [-0.15, -0.1) is 23.1 Å². The van der Waals surface area contributed by atoms with Gasteiger partial charge in [-0.2, -0.15) is 5.26 Å². The zero-order valence-electron chi connectivity index (χ0n) is 30.3. The smallest absolute Gasteiger partial charge is 0.272 e. The number of benzene rings is 4. The summed E-state index contributed by atoms with van der Waals surface area (Å²) in [7, 11) is 0. The first-order valence-corrected chi connectivity index (χ1v) is 19.4. The Bertz CT molecular complexity index is 2250. The molecule has 0 spiro atoms. The van der Waals surface area contributed by atoms with E-state index in [0.29, 0.717) is 65.7 Å². The van der Waals surface area contributed by atoms with Crippen LogP contribution in [-0.2, 0) is 34.0 Å². The number of anilines is 2. The van der Waals surface area contributed by atoms with Crippen molar-refractivity contribution in [1.29, 1.82) is 5.26 Å². The van der Waals surface area contributed by atoms with Crippen molar-refractivity contribution in [2.24, 2.45) is 0 Å². The van der Waals surface area contributed by atoms with Gasteiger partial charge in [0.15, 0.2) is 0 Å². The molecule has 0 bridgehead atoms. The third kappa shape index (κ3) is 10.1. The Morgan fingerprint density at radius 2 is 1.67 bits per heavy atom. The molecule has 0 fully saturated rings. The van der Waals surface area contributed by atoms with Crippen LogP contribution in [0.25, 0.3) is 6.08 Å². The van der Waals surface area contributed by atoms with Gasteiger partial charge in [0.2, 0.25) is 11.8 Å². The van der Waals surface area contributed by atoms with Crippen LogP contribution in [0.5, 0.6) is 5.75 Å². The number of nitrogens with zero attached hydrogens (tertiary/aromatic N) is 2. The summed E-state index contributed by atoms with van der Waals surface area (Å²) in [5.74, 6) is -0.577. The number of nitrogens with one attached hydrogen (secondary N) is 3. The Morgan fingerprint density at radius 1 is 0.945 bits per heavy atom. The lowest BCUT2D eigenvalue weighted by atomic mass is 10.0. The molecule has 5 aromatic rings. The van der Waals surface area contributed by atoms with Crippen molar-refractivity contribution in [1.82, 2.24) is 10.2 Å². The molecule has 0 saturated heterocycles. The standard InChI is InChI=1S/C43H39N5O5S2/c1-3-38(42(52)47-43-36(25-44)35-21-22-48(28(2)49)26-39(35)55-43)54-34-16-10-15-32(24-34)45-41(51)37(46-40(50)31-13-8-5-9-14-31)23-29-17-19-33(20-18-29)53-27-30-11-6-4-7-12-30/h4-20,23-24,38H,3,21-22,26-27H2,1-2H3,(H,45,51)(H,46,50)(H,47,52)/b37-23+. The largest absolute Gasteiger partial charge is 0.489 e. The lowest BCUT2D eigenvalue weighted by Crippen LogP contribution is -2.33. The van der Waals surface area contributed by atoms with E-state index in [1.165, 1.54) is 30.0 Å². The predicted molar refractivity (Wildman–Crippen MR) is 217 cm³/mol. The zero-order chi connectivity index (χ0) is 38.7. The minimum absolute atomic E-state index is 0.0243. The van der Waals surface area contributed by atoms with Crippen molar-refractivity contribution in [3.05, 3.63) is 148 Å². The Hall–Kier alpha value is -6.16. The molecule has 1 aliphatic heterocycles. The Labute approximate surface area is 328 Å². The molecule has 0 aliphatic carbocycles. The molecule has 4 aromatic carbocycles. The SMILES string of the molecule is CCC(Sc1cccc(NC(=O)/C(=C\c2ccc(OCc3ccccc3)cc2)NC(=O)c2ccccc2)c1)C(=O)Nc1sc2c(c1C#N)CCN(C(C)=O)C2. The van der Waals surface area contributed by atoms with E-state index in [1.54, 1.807) is 77.7 Å². The molecule has 6 rings (SSSR count). The van der Waals surface area contributed by atoms with Crippen molar-refractivity contribution in [3.63, 3.8) is 0 Å². The van der Waals surface area contributed by atoms with Crippen molar-refractivity contribution < 1.29 is 23.9 Å². The number of thiophene rings is 1. The summed E-state index contributed by atoms with van der Waals surface area (Å²) in [5.41, 5.74) is 3.97. The molecule has 12 heteroatoms. The molecule has 1 aliphatic rings. The molecule has 3 N–H and O–H groups in total. The highest BCUT2D eigenvalue weighted by Gasteiger charge is 2.28. The second-order valence-electron chi connectivity index (χ2n) is 12.7. The van der Waals surface area contributed by atoms with Crippen LogP contribution < -0.4 is 20.7 Å². The summed E-state index contributed by atoms with van der Waals surface area (Å²) in [6, 6.07) is 35.1. The Morgan fingerprint density at radius 3 is 2.36 bits per heavy atom. The number of hydrogen-bond acceptors (Lipinski definition) is 8. The van der Waals surface area contributed by atoms with Crippen molar-refractivity contribution >= 4 is 63.5 Å². The van der Waals surface area contributed by atoms with E-state index in [9.17, 15) is 24.4 Å². The number of fused-ring (bicyclic) bond motifs is 1. The average Bonchev–Trinajstić information content (AvgIpc) is 3.56. The quantitative estimate of drug-likeness (QED) is 0.0814. The molecule has 55 heavy (non-hydrogen) atoms. The van der Waals surface area contributed by atoms with Gasteiger partial charge in [0.1, 0.15) is 29.1 Å². The fraction of sp³-hybridized carbons (Fsp3) is 0.186. The van der Waals surface area contributed by atoms with E-state index in [2.05, 4.69) is 22.0 Å². The first-order chi connectivity index (χ1) is 26.7. The number of rotatable bonds is 13. The summed E-state index contributed by atoms with van der Waals surface area (Å²) in [6.07, 6.45) is 2.67. The normalized spacial score (nSPS) is 12.8. The molecule has 10 nitrogen and oxygen atoms in total. The topological polar surface area (TPSA) is 141 Å². The number of carbonyl (C=O) groups is 4. The average molecular weight is 770 g/mol. The van der Waals surface area contributed by atoms with Crippen molar-refractivity contribution in [2.45, 2.75) is 50.0 Å². The molecule has 1 aromatic heterocycles. The maximum absolute atomic E-state index is 13.8. The van der Waals surface area contributed by atoms with E-state index in [1.807, 2.05) is 49.4 Å². The van der Waals surface area contributed by atoms with Crippen LogP contribution in [0.15, 0.2) is 120 Å². The number of hydrogen-bond donors (Lipinski definition) is 3. The van der Waals surface area contributed by atoms with Crippen LogP contribution in [0, 0.1) is 11.3 Å². The number of amides is 4. The van der Waals surface area contributed by atoms with Gasteiger partial charge in [0, 0.05) is 34.5 Å². The molecule has 0 radical (unpaired) electrons. The van der Waals surface area contributed by atoms with E-state index in [4.69, 9.17) is 4.74 Å². The zero-order valence-corrected chi connectivity index (χ0v) is 32.0. The highest BCUT2D eigenvalue weighted by molar-refractivity contribution is 8.00. The second kappa shape index (κ2) is 18.2. The minimum Gasteiger partial charge on any atom is -0.489 e. The maximum atomic E-state index is 13.8. The van der Waals surface area contributed by atoms with Gasteiger partial charge in [0.05, 0.1) is 17.4 Å². The first-order valence-electron chi connectivity index (χ1n) is 17.7. The van der Waals surface area contributed by atoms with Gasteiger partial charge in [-0.1, -0.05) is 73.7 Å². The van der Waals surface area contributed by atoms with Gasteiger partial charge < -0.3 is 25.6 Å². The molecule has 4 amide bonds. The summed E-state index contributed by atoms with van der Waals surface area (Å²) < 4.78 is 5.91. The van der Waals surface area contributed by atoms with Crippen LogP contribution in [0.2, 0.25) is 0 Å². The molecular weight excluding hydrogens is 731 g/mol. The molecule has 1 unspecified atom stereocenters. The highest BCUT2D eigenvalue weighted by Crippen LogP contribution is 2.38. The summed E-state index contributed by atoms with van der Waals surface area (Å²) in [4.78, 5) is 55.9. The number of ether oxygens (including phenoxy) is 1. The molecule has 1 atom stereocenters. The molecule has 278 valence electrons. The number of carbonyl (C=O) groups excluding carboxylic acids is 4. The van der Waals surface area contributed by atoms with Gasteiger partial charge in [0.25, 0.3) is 11.8 Å². The molecule has 2 heterocycles. The van der Waals surface area contributed by atoms with E-state index < -0.39 is 17.1 Å². The van der Waals surface area contributed by atoms with Gasteiger partial charge in [-0.25, -0.2) is 0 Å². The summed E-state index contributed by atoms with van der Waals surface area (Å²) in [6.45, 7) is 4.81. The minimum atomic E-state index is -0.533. The predicted octanol–water partition coefficient (Wildman–Crippen LogP) is 8.02. The van der Waals surface area contributed by atoms with Gasteiger partial charge in [-0.05, 0) is 78.1 Å². The summed E-state index contributed by atoms with van der Waals surface area (Å²) >= 11 is 2.68. The van der Waals surface area contributed by atoms with Crippen LogP contribution in [0.4, 0.5) is 10.7 Å². The fourth-order valence-electron chi connectivity index (χ4n) is 5.91. The van der Waals surface area contributed by atoms with Crippen molar-refractivity contribution in [2.75, 3.05) is 17.2 Å². The second-order valence-corrected chi connectivity index (χ2v) is 15.1. The third-order valence-electron chi connectivity index (χ3n) is 8.85. The Balaban J connectivity index is 1.15. The lowest BCUT2D eigenvalue weighted by molar-refractivity contribution is -0.129. The van der Waals surface area contributed by atoms with Gasteiger partial charge >= 0.3 is 0 Å². The van der Waals surface area contributed by atoms with Crippen LogP contribution in [-0.4, -0.2) is 40.3 Å². The van der Waals surface area contributed by atoms with Crippen LogP contribution >= 0.6 is 23.1 Å². The molecular formula is C43H39N5O5S2. The van der Waals surface area contributed by atoms with E-state index >= 15 is 0 Å². The Kier molecular flexibility index (Phi) is 12.8. The highest BCUT2D eigenvalue weighted by atomic mass is 32.2. The van der Waals surface area contributed by atoms with Crippen molar-refractivity contribution in [3.8, 4) is 11.8 Å². The van der Waals surface area contributed by atoms with Crippen LogP contribution in [0.3, 0.4) is 0 Å². The first kappa shape index (κ1) is 38.6. The molecule has 0 saturated carbocycles. The van der Waals surface area contributed by atoms with E-state index in [-0.39, 0.29) is 17.5 Å². The van der Waals surface area contributed by atoms with E-state index in [0.717, 1.165) is 20.9 Å². The monoisotopic (exact) mass is 769 g/mol. The summed E-state index contributed by atoms with van der Waals surface area (Å²) in [5, 5.41) is 18.6.